The van der Waals surface area contributed by atoms with Crippen LogP contribution in [0.2, 0.25) is 4.34 Å². The van der Waals surface area contributed by atoms with Crippen LogP contribution < -0.4 is 5.32 Å². The van der Waals surface area contributed by atoms with Gasteiger partial charge in [0.2, 0.25) is 0 Å². The molecule has 0 aromatic carbocycles. The minimum absolute atomic E-state index is 0.0519. The van der Waals surface area contributed by atoms with E-state index in [0.29, 0.717) is 17.4 Å². The van der Waals surface area contributed by atoms with E-state index in [2.05, 4.69) is 5.32 Å². The fourth-order valence-corrected chi connectivity index (χ4v) is 2.75. The molecular formula is C10H13ClF2N2S. The number of thiophene rings is 1. The number of nitrogens with one attached hydrogen (secondary N) is 1. The number of nitrogens with zero attached hydrogens (tertiary/aromatic N) is 1. The van der Waals surface area contributed by atoms with E-state index in [1.54, 1.807) is 4.90 Å². The zero-order chi connectivity index (χ0) is 11.6. The molecule has 0 saturated carbocycles. The highest BCUT2D eigenvalue weighted by molar-refractivity contribution is 7.16. The number of hydrogen-bond donors (Lipinski definition) is 1. The summed E-state index contributed by atoms with van der Waals surface area (Å²) in [4.78, 5) is 1.83. The Hall–Kier alpha value is -0.230. The van der Waals surface area contributed by atoms with Crippen LogP contribution in [0.25, 0.3) is 0 Å². The van der Waals surface area contributed by atoms with Gasteiger partial charge in [0.15, 0.2) is 0 Å². The second kappa shape index (κ2) is 4.96. The normalized spacial score (nSPS) is 18.9. The fraction of sp³-hybridized carbons (Fsp3) is 0.600. The van der Waals surface area contributed by atoms with Gasteiger partial charge in [0.25, 0.3) is 5.92 Å². The van der Waals surface area contributed by atoms with E-state index in [1.165, 1.54) is 12.1 Å². The first-order valence-corrected chi connectivity index (χ1v) is 6.34. The number of hydrogen-bond acceptors (Lipinski definition) is 3. The molecule has 1 fully saturated rings. The topological polar surface area (TPSA) is 15.3 Å². The van der Waals surface area contributed by atoms with Crippen LogP contribution in [0, 0.1) is 0 Å². The zero-order valence-corrected chi connectivity index (χ0v) is 10.3. The van der Waals surface area contributed by atoms with Gasteiger partial charge in [-0.2, -0.15) is 8.78 Å². The number of rotatable bonds is 3. The van der Waals surface area contributed by atoms with E-state index in [-0.39, 0.29) is 11.4 Å². The molecule has 6 heteroatoms. The van der Waals surface area contributed by atoms with Crippen LogP contribution in [-0.2, 0) is 5.92 Å². The van der Waals surface area contributed by atoms with E-state index in [9.17, 15) is 8.78 Å². The average Bonchev–Trinajstić information content (AvgIpc) is 2.66. The Morgan fingerprint density at radius 3 is 2.62 bits per heavy atom. The fourth-order valence-electron chi connectivity index (χ4n) is 1.74. The van der Waals surface area contributed by atoms with Crippen molar-refractivity contribution in [3.8, 4) is 0 Å². The van der Waals surface area contributed by atoms with Crippen LogP contribution in [0.15, 0.2) is 12.1 Å². The van der Waals surface area contributed by atoms with Crippen molar-refractivity contribution in [2.45, 2.75) is 5.92 Å². The van der Waals surface area contributed by atoms with Crippen LogP contribution in [0.1, 0.15) is 4.88 Å². The Morgan fingerprint density at radius 2 is 2.06 bits per heavy atom. The summed E-state index contributed by atoms with van der Waals surface area (Å²) in [5, 5.41) is 3.14. The van der Waals surface area contributed by atoms with Crippen molar-refractivity contribution < 1.29 is 8.78 Å². The molecule has 1 aliphatic rings. The smallest absolute Gasteiger partial charge is 0.294 e. The van der Waals surface area contributed by atoms with Gasteiger partial charge in [-0.1, -0.05) is 11.6 Å². The first kappa shape index (κ1) is 12.2. The molecule has 1 aromatic rings. The third kappa shape index (κ3) is 2.91. The van der Waals surface area contributed by atoms with Crippen LogP contribution in [0.4, 0.5) is 8.78 Å². The van der Waals surface area contributed by atoms with Crippen LogP contribution in [0.5, 0.6) is 0 Å². The first-order valence-electron chi connectivity index (χ1n) is 5.15. The van der Waals surface area contributed by atoms with Gasteiger partial charge in [0, 0.05) is 26.2 Å². The highest BCUT2D eigenvalue weighted by Gasteiger charge is 2.35. The Bertz CT molecular complexity index is 350. The summed E-state index contributed by atoms with van der Waals surface area (Å²) in [5.74, 6) is -2.80. The second-order valence-corrected chi connectivity index (χ2v) is 5.55. The molecular weight excluding hydrogens is 254 g/mol. The first-order chi connectivity index (χ1) is 7.58. The van der Waals surface area contributed by atoms with Gasteiger partial charge in [-0.3, -0.25) is 4.90 Å². The molecule has 0 unspecified atom stereocenters. The second-order valence-electron chi connectivity index (χ2n) is 3.83. The predicted molar refractivity (Wildman–Crippen MR) is 62.5 cm³/mol. The monoisotopic (exact) mass is 266 g/mol. The molecule has 0 radical (unpaired) electrons. The molecule has 0 spiro atoms. The van der Waals surface area contributed by atoms with Crippen molar-refractivity contribution in [1.82, 2.24) is 10.2 Å². The van der Waals surface area contributed by atoms with Crippen molar-refractivity contribution in [3.05, 3.63) is 21.3 Å². The molecule has 1 saturated heterocycles. The van der Waals surface area contributed by atoms with Gasteiger partial charge in [0.05, 0.1) is 15.8 Å². The third-order valence-corrected chi connectivity index (χ3v) is 3.91. The molecule has 1 aromatic heterocycles. The molecule has 2 heterocycles. The van der Waals surface area contributed by atoms with Crippen LogP contribution in [-0.4, -0.2) is 37.6 Å². The molecule has 2 rings (SSSR count). The van der Waals surface area contributed by atoms with E-state index in [0.717, 1.165) is 24.4 Å². The van der Waals surface area contributed by atoms with Gasteiger partial charge in [-0.15, -0.1) is 11.3 Å². The van der Waals surface area contributed by atoms with Gasteiger partial charge in [-0.25, -0.2) is 0 Å². The number of alkyl halides is 2. The molecule has 0 atom stereocenters. The zero-order valence-electron chi connectivity index (χ0n) is 8.68. The van der Waals surface area contributed by atoms with Crippen LogP contribution >= 0.6 is 22.9 Å². The van der Waals surface area contributed by atoms with Crippen molar-refractivity contribution >= 4 is 22.9 Å². The maximum Gasteiger partial charge on any atom is 0.294 e. The quantitative estimate of drug-likeness (QED) is 0.904. The Balaban J connectivity index is 2.01. The Kier molecular flexibility index (Phi) is 3.79. The van der Waals surface area contributed by atoms with Gasteiger partial charge in [-0.05, 0) is 12.1 Å². The summed E-state index contributed by atoms with van der Waals surface area (Å²) < 4.78 is 28.1. The average molecular weight is 267 g/mol. The standard InChI is InChI=1S/C10H13ClF2N2S/c11-9-2-1-8(16-9)10(12,13)7-15-5-3-14-4-6-15/h1-2,14H,3-7H2. The predicted octanol–water partition coefficient (Wildman–Crippen LogP) is 2.40. The highest BCUT2D eigenvalue weighted by Crippen LogP contribution is 2.36. The summed E-state index contributed by atoms with van der Waals surface area (Å²) in [6, 6.07) is 2.93. The Morgan fingerprint density at radius 1 is 1.38 bits per heavy atom. The number of halogens is 3. The maximum absolute atomic E-state index is 13.8. The molecule has 2 nitrogen and oxygen atoms in total. The molecule has 1 N–H and O–H groups in total. The van der Waals surface area contributed by atoms with E-state index in [1.807, 2.05) is 0 Å². The Labute approximate surface area is 102 Å². The lowest BCUT2D eigenvalue weighted by atomic mass is 10.2. The van der Waals surface area contributed by atoms with E-state index in [4.69, 9.17) is 11.6 Å². The largest absolute Gasteiger partial charge is 0.314 e. The highest BCUT2D eigenvalue weighted by atomic mass is 35.5. The van der Waals surface area contributed by atoms with Crippen molar-refractivity contribution in [2.24, 2.45) is 0 Å². The molecule has 0 amide bonds. The van der Waals surface area contributed by atoms with Crippen molar-refractivity contribution in [3.63, 3.8) is 0 Å². The minimum atomic E-state index is -2.80. The lowest BCUT2D eigenvalue weighted by molar-refractivity contribution is -0.0368. The molecule has 1 aliphatic heterocycles. The summed E-state index contributed by atoms with van der Waals surface area (Å²) in [5.41, 5.74) is 0. The maximum atomic E-state index is 13.8. The molecule has 0 aliphatic carbocycles. The summed E-state index contributed by atoms with van der Waals surface area (Å²) in [7, 11) is 0. The van der Waals surface area contributed by atoms with Crippen LogP contribution in [0.3, 0.4) is 0 Å². The minimum Gasteiger partial charge on any atom is -0.314 e. The van der Waals surface area contributed by atoms with Gasteiger partial charge in [0.1, 0.15) is 0 Å². The van der Waals surface area contributed by atoms with E-state index >= 15 is 0 Å². The summed E-state index contributed by atoms with van der Waals surface area (Å²) in [6.45, 7) is 2.69. The lowest BCUT2D eigenvalue weighted by Gasteiger charge is -2.30. The SMILES string of the molecule is FC(F)(CN1CCNCC1)c1ccc(Cl)s1. The third-order valence-electron chi connectivity index (χ3n) is 2.57. The molecule has 90 valence electrons. The van der Waals surface area contributed by atoms with Crippen molar-refractivity contribution in [2.75, 3.05) is 32.7 Å². The van der Waals surface area contributed by atoms with Crippen molar-refractivity contribution in [1.29, 1.82) is 0 Å². The van der Waals surface area contributed by atoms with Gasteiger partial charge >= 0.3 is 0 Å². The van der Waals surface area contributed by atoms with Gasteiger partial charge < -0.3 is 5.32 Å². The van der Waals surface area contributed by atoms with E-state index < -0.39 is 5.92 Å². The summed E-state index contributed by atoms with van der Waals surface area (Å²) >= 11 is 6.63. The summed E-state index contributed by atoms with van der Waals surface area (Å²) in [6.07, 6.45) is 0. The molecule has 0 bridgehead atoms. The lowest BCUT2D eigenvalue weighted by Crippen LogP contribution is -2.47. The molecule has 16 heavy (non-hydrogen) atoms. The number of piperazine rings is 1.